The van der Waals surface area contributed by atoms with Gasteiger partial charge in [-0.25, -0.2) is 0 Å². The first-order valence-corrected chi connectivity index (χ1v) is 5.15. The minimum Gasteiger partial charge on any atom is -0.483 e. The predicted octanol–water partition coefficient (Wildman–Crippen LogP) is 1.49. The van der Waals surface area contributed by atoms with E-state index in [1.807, 2.05) is 13.0 Å². The molecule has 1 N–H and O–H groups in total. The smallest absolute Gasteiger partial charge is 0.257 e. The molecule has 1 unspecified atom stereocenters. The molecule has 1 heterocycles. The molecule has 92 valence electrons. The van der Waals surface area contributed by atoms with E-state index >= 15 is 0 Å². The van der Waals surface area contributed by atoms with Gasteiger partial charge in [0.1, 0.15) is 17.6 Å². The molecule has 0 saturated heterocycles. The van der Waals surface area contributed by atoms with Gasteiger partial charge in [0.05, 0.1) is 11.1 Å². The zero-order chi connectivity index (χ0) is 12.8. The molecule has 1 atom stereocenters. The number of ether oxygens (including phenoxy) is 1. The van der Waals surface area contributed by atoms with Crippen molar-refractivity contribution in [2.24, 2.45) is 0 Å². The van der Waals surface area contributed by atoms with Gasteiger partial charge >= 0.3 is 0 Å². The quantitative estimate of drug-likeness (QED) is 0.620. The van der Waals surface area contributed by atoms with Gasteiger partial charge in [-0.2, -0.15) is 0 Å². The molecule has 1 aromatic rings. The van der Waals surface area contributed by atoms with Gasteiger partial charge in [-0.05, 0) is 26.0 Å². The number of pyridine rings is 1. The van der Waals surface area contributed by atoms with Crippen molar-refractivity contribution in [3.05, 3.63) is 46.0 Å². The molecular weight excluding hydrogens is 222 g/mol. The Bertz CT molecular complexity index is 414. The third kappa shape index (κ3) is 4.10. The standard InChI is InChI=1S/C11H15N3O3/c1-8-4-5-10(6-13-8)17-9(2)11(12-3)7-14(15)16/h4-7,9,12H,1-3H3. The molecule has 0 saturated carbocycles. The van der Waals surface area contributed by atoms with Crippen LogP contribution in [-0.4, -0.2) is 23.1 Å². The first-order chi connectivity index (χ1) is 8.02. The van der Waals surface area contributed by atoms with Gasteiger partial charge in [0.25, 0.3) is 6.20 Å². The second-order valence-corrected chi connectivity index (χ2v) is 3.52. The topological polar surface area (TPSA) is 77.3 Å². The van der Waals surface area contributed by atoms with Crippen molar-refractivity contribution in [3.63, 3.8) is 0 Å². The third-order valence-corrected chi connectivity index (χ3v) is 2.17. The molecule has 0 aliphatic heterocycles. The number of aryl methyl sites for hydroxylation is 1. The normalized spacial score (nSPS) is 13.0. The van der Waals surface area contributed by atoms with E-state index in [-0.39, 0.29) is 0 Å². The van der Waals surface area contributed by atoms with Crippen LogP contribution in [0.3, 0.4) is 0 Å². The monoisotopic (exact) mass is 237 g/mol. The summed E-state index contributed by atoms with van der Waals surface area (Å²) in [5, 5.41) is 13.1. The van der Waals surface area contributed by atoms with Crippen molar-refractivity contribution in [2.45, 2.75) is 20.0 Å². The van der Waals surface area contributed by atoms with E-state index in [0.717, 1.165) is 11.9 Å². The predicted molar refractivity (Wildman–Crippen MR) is 63.2 cm³/mol. The zero-order valence-corrected chi connectivity index (χ0v) is 10.0. The van der Waals surface area contributed by atoms with E-state index in [1.165, 1.54) is 0 Å². The van der Waals surface area contributed by atoms with Crippen LogP contribution >= 0.6 is 0 Å². The van der Waals surface area contributed by atoms with Crippen LogP contribution in [-0.2, 0) is 0 Å². The van der Waals surface area contributed by atoms with Gasteiger partial charge in [-0.15, -0.1) is 0 Å². The SMILES string of the molecule is CNC(=C[N+](=O)[O-])C(C)Oc1ccc(C)nc1. The highest BCUT2D eigenvalue weighted by Crippen LogP contribution is 2.13. The molecule has 0 spiro atoms. The van der Waals surface area contributed by atoms with Crippen LogP contribution in [0, 0.1) is 17.0 Å². The zero-order valence-electron chi connectivity index (χ0n) is 10.0. The fraction of sp³-hybridized carbons (Fsp3) is 0.364. The Morgan fingerprint density at radius 3 is 2.82 bits per heavy atom. The summed E-state index contributed by atoms with van der Waals surface area (Å²) in [5.41, 5.74) is 1.29. The molecule has 0 aliphatic rings. The Balaban J connectivity index is 2.73. The highest BCUT2D eigenvalue weighted by Gasteiger charge is 2.13. The van der Waals surface area contributed by atoms with Crippen LogP contribution in [0.5, 0.6) is 5.75 Å². The minimum absolute atomic E-state index is 0.399. The summed E-state index contributed by atoms with van der Waals surface area (Å²) in [5.74, 6) is 0.576. The van der Waals surface area contributed by atoms with Crippen molar-refractivity contribution in [1.29, 1.82) is 0 Å². The first-order valence-electron chi connectivity index (χ1n) is 5.15. The molecular formula is C11H15N3O3. The molecule has 1 aromatic heterocycles. The molecule has 0 bridgehead atoms. The first kappa shape index (κ1) is 13.0. The van der Waals surface area contributed by atoms with E-state index in [2.05, 4.69) is 10.3 Å². The fourth-order valence-corrected chi connectivity index (χ4v) is 1.28. The lowest BCUT2D eigenvalue weighted by atomic mass is 10.3. The van der Waals surface area contributed by atoms with E-state index < -0.39 is 11.0 Å². The maximum absolute atomic E-state index is 10.4. The lowest BCUT2D eigenvalue weighted by molar-refractivity contribution is -0.404. The number of aromatic nitrogens is 1. The fourth-order valence-electron chi connectivity index (χ4n) is 1.28. The average Bonchev–Trinajstić information content (AvgIpc) is 2.28. The molecule has 0 aliphatic carbocycles. The molecule has 0 radical (unpaired) electrons. The largest absolute Gasteiger partial charge is 0.483 e. The Hall–Kier alpha value is -2.11. The van der Waals surface area contributed by atoms with Gasteiger partial charge in [-0.3, -0.25) is 15.1 Å². The van der Waals surface area contributed by atoms with Gasteiger partial charge in [0.2, 0.25) is 0 Å². The second-order valence-electron chi connectivity index (χ2n) is 3.52. The average molecular weight is 237 g/mol. The maximum Gasteiger partial charge on any atom is 0.257 e. The molecule has 0 fully saturated rings. The molecule has 6 heteroatoms. The van der Waals surface area contributed by atoms with Crippen LogP contribution in [0.25, 0.3) is 0 Å². The molecule has 17 heavy (non-hydrogen) atoms. The molecule has 6 nitrogen and oxygen atoms in total. The highest BCUT2D eigenvalue weighted by molar-refractivity contribution is 5.20. The number of nitrogens with zero attached hydrogens (tertiary/aromatic N) is 2. The number of likely N-dealkylation sites (N-methyl/N-ethyl adjacent to an activating group) is 1. The summed E-state index contributed by atoms with van der Waals surface area (Å²) in [6, 6.07) is 3.59. The maximum atomic E-state index is 10.4. The summed E-state index contributed by atoms with van der Waals surface area (Å²) in [7, 11) is 1.61. The van der Waals surface area contributed by atoms with Crippen LogP contribution in [0.4, 0.5) is 0 Å². The van der Waals surface area contributed by atoms with Crippen LogP contribution in [0.15, 0.2) is 30.2 Å². The number of hydrogen-bond donors (Lipinski definition) is 1. The van der Waals surface area contributed by atoms with Gasteiger partial charge < -0.3 is 10.1 Å². The van der Waals surface area contributed by atoms with E-state index in [0.29, 0.717) is 11.4 Å². The summed E-state index contributed by atoms with van der Waals surface area (Å²) >= 11 is 0. The van der Waals surface area contributed by atoms with Crippen molar-refractivity contribution >= 4 is 0 Å². The Morgan fingerprint density at radius 1 is 1.65 bits per heavy atom. The van der Waals surface area contributed by atoms with Crippen molar-refractivity contribution in [3.8, 4) is 5.75 Å². The summed E-state index contributed by atoms with van der Waals surface area (Å²) in [4.78, 5) is 14.0. The summed E-state index contributed by atoms with van der Waals surface area (Å²) in [6.45, 7) is 3.60. The lowest BCUT2D eigenvalue weighted by Gasteiger charge is -2.15. The Morgan fingerprint density at radius 2 is 2.35 bits per heavy atom. The number of rotatable bonds is 5. The summed E-state index contributed by atoms with van der Waals surface area (Å²) < 4.78 is 5.53. The van der Waals surface area contributed by atoms with Crippen LogP contribution in [0.2, 0.25) is 0 Å². The molecule has 1 rings (SSSR count). The van der Waals surface area contributed by atoms with Crippen molar-refractivity contribution in [2.75, 3.05) is 7.05 Å². The third-order valence-electron chi connectivity index (χ3n) is 2.17. The van der Waals surface area contributed by atoms with E-state index in [9.17, 15) is 10.1 Å². The van der Waals surface area contributed by atoms with Crippen molar-refractivity contribution < 1.29 is 9.66 Å². The van der Waals surface area contributed by atoms with Crippen LogP contribution in [0.1, 0.15) is 12.6 Å². The molecule has 0 amide bonds. The van der Waals surface area contributed by atoms with Gasteiger partial charge in [0, 0.05) is 12.7 Å². The number of hydrogen-bond acceptors (Lipinski definition) is 5. The highest BCUT2D eigenvalue weighted by atomic mass is 16.6. The summed E-state index contributed by atoms with van der Waals surface area (Å²) in [6.07, 6.45) is 2.05. The van der Waals surface area contributed by atoms with E-state index in [4.69, 9.17) is 4.74 Å². The number of nitro groups is 1. The minimum atomic E-state index is -0.515. The molecule has 0 aromatic carbocycles. The van der Waals surface area contributed by atoms with Crippen LogP contribution < -0.4 is 10.1 Å². The Labute approximate surface area is 99.5 Å². The van der Waals surface area contributed by atoms with Gasteiger partial charge in [0.15, 0.2) is 0 Å². The van der Waals surface area contributed by atoms with E-state index in [1.54, 1.807) is 26.2 Å². The number of nitrogens with one attached hydrogen (secondary N) is 1. The lowest BCUT2D eigenvalue weighted by Crippen LogP contribution is -2.24. The van der Waals surface area contributed by atoms with Gasteiger partial charge in [-0.1, -0.05) is 0 Å². The van der Waals surface area contributed by atoms with Crippen molar-refractivity contribution in [1.82, 2.24) is 10.3 Å². The second kappa shape index (κ2) is 5.83. The Kier molecular flexibility index (Phi) is 4.45.